The fraction of sp³-hybridized carbons (Fsp3) is 0.391. The van der Waals surface area contributed by atoms with E-state index in [0.29, 0.717) is 16.7 Å². The third-order valence-corrected chi connectivity index (χ3v) is 5.75. The van der Waals surface area contributed by atoms with Gasteiger partial charge in [-0.1, -0.05) is 64.1 Å². The third kappa shape index (κ3) is 3.10. The van der Waals surface area contributed by atoms with Crippen LogP contribution in [0, 0.1) is 5.41 Å². The Bertz CT molecular complexity index is 1080. The summed E-state index contributed by atoms with van der Waals surface area (Å²) in [4.78, 5) is 18.0. The molecule has 0 amide bonds. The summed E-state index contributed by atoms with van der Waals surface area (Å²) in [6.45, 7) is 8.00. The van der Waals surface area contributed by atoms with Crippen LogP contribution in [0.4, 0.5) is 0 Å². The van der Waals surface area contributed by atoms with Crippen molar-refractivity contribution in [2.24, 2.45) is 5.41 Å². The van der Waals surface area contributed by atoms with Crippen molar-refractivity contribution in [3.05, 3.63) is 75.8 Å². The molecule has 0 fully saturated rings. The number of aliphatic hydroxyl groups excluding tert-OH is 1. The summed E-state index contributed by atoms with van der Waals surface area (Å²) >= 11 is 0. The van der Waals surface area contributed by atoms with Crippen LogP contribution >= 0.6 is 0 Å². The Balaban J connectivity index is 1.82. The van der Waals surface area contributed by atoms with Crippen LogP contribution in [0.15, 0.2) is 53.3 Å². The number of benzene rings is 2. The van der Waals surface area contributed by atoms with Crippen molar-refractivity contribution in [3.63, 3.8) is 0 Å². The molecule has 2 N–H and O–H groups in total. The minimum Gasteiger partial charge on any atom is -0.385 e. The van der Waals surface area contributed by atoms with Crippen LogP contribution in [0.2, 0.25) is 0 Å². The Morgan fingerprint density at radius 1 is 1.14 bits per heavy atom. The summed E-state index contributed by atoms with van der Waals surface area (Å²) in [5.74, 6) is 0.619. The van der Waals surface area contributed by atoms with Crippen molar-refractivity contribution in [3.8, 4) is 0 Å². The molecule has 5 nitrogen and oxygen atoms in total. The molecule has 28 heavy (non-hydrogen) atoms. The summed E-state index contributed by atoms with van der Waals surface area (Å²) in [6.07, 6.45) is -0.0434. The van der Waals surface area contributed by atoms with Gasteiger partial charge < -0.3 is 10.5 Å². The van der Waals surface area contributed by atoms with E-state index in [1.54, 1.807) is 6.07 Å². The van der Waals surface area contributed by atoms with Crippen molar-refractivity contribution in [2.75, 3.05) is 5.43 Å². The molecule has 3 aromatic rings. The van der Waals surface area contributed by atoms with Gasteiger partial charge in [0, 0.05) is 5.92 Å². The smallest absolute Gasteiger partial charge is 0.280 e. The number of rotatable bonds is 3. The minimum absolute atomic E-state index is 0.0592. The molecule has 0 saturated carbocycles. The SMILES string of the molecule is C[C@H]1c2ccccc2C[C@H]1Nn1c([C@@H](O)C(C)(C)C)nc2ccccc2c1=O. The fourth-order valence-corrected chi connectivity index (χ4v) is 3.96. The van der Waals surface area contributed by atoms with Gasteiger partial charge in [-0.25, -0.2) is 9.66 Å². The van der Waals surface area contributed by atoms with Crippen molar-refractivity contribution in [1.82, 2.24) is 9.66 Å². The molecule has 3 atom stereocenters. The average Bonchev–Trinajstić information content (AvgIpc) is 2.98. The number of hydrogen-bond acceptors (Lipinski definition) is 4. The summed E-state index contributed by atoms with van der Waals surface area (Å²) in [5.41, 5.74) is 5.99. The van der Waals surface area contributed by atoms with Gasteiger partial charge in [-0.2, -0.15) is 0 Å². The first kappa shape index (κ1) is 18.7. The quantitative estimate of drug-likeness (QED) is 0.730. The predicted octanol–water partition coefficient (Wildman–Crippen LogP) is 3.75. The number of aromatic nitrogens is 2. The van der Waals surface area contributed by atoms with Crippen LogP contribution in [-0.2, 0) is 6.42 Å². The zero-order valence-corrected chi connectivity index (χ0v) is 16.8. The molecule has 1 aliphatic rings. The number of nitrogens with one attached hydrogen (secondary N) is 1. The van der Waals surface area contributed by atoms with Crippen molar-refractivity contribution in [2.45, 2.75) is 52.2 Å². The summed E-state index contributed by atoms with van der Waals surface area (Å²) in [5, 5.41) is 11.5. The third-order valence-electron chi connectivity index (χ3n) is 5.75. The Hall–Kier alpha value is -2.66. The van der Waals surface area contributed by atoms with Crippen LogP contribution in [0.3, 0.4) is 0 Å². The largest absolute Gasteiger partial charge is 0.385 e. The molecule has 2 aromatic carbocycles. The maximum atomic E-state index is 13.3. The molecular weight excluding hydrogens is 350 g/mol. The van der Waals surface area contributed by atoms with Crippen molar-refractivity contribution < 1.29 is 5.11 Å². The number of aliphatic hydroxyl groups is 1. The van der Waals surface area contributed by atoms with Crippen LogP contribution in [-0.4, -0.2) is 20.8 Å². The van der Waals surface area contributed by atoms with E-state index in [4.69, 9.17) is 0 Å². The van der Waals surface area contributed by atoms with Gasteiger partial charge in [0.25, 0.3) is 5.56 Å². The second-order valence-electron chi connectivity index (χ2n) is 8.82. The lowest BCUT2D eigenvalue weighted by atomic mass is 9.88. The number of fused-ring (bicyclic) bond motifs is 2. The highest BCUT2D eigenvalue weighted by Crippen LogP contribution is 2.35. The Kier molecular flexibility index (Phi) is 4.50. The molecular formula is C23H27N3O2. The first-order valence-corrected chi connectivity index (χ1v) is 9.81. The maximum Gasteiger partial charge on any atom is 0.280 e. The lowest BCUT2D eigenvalue weighted by Gasteiger charge is -2.29. The van der Waals surface area contributed by atoms with Gasteiger partial charge in [0.05, 0.1) is 16.9 Å². The van der Waals surface area contributed by atoms with Crippen LogP contribution in [0.1, 0.15) is 56.7 Å². The molecule has 0 bridgehead atoms. The normalized spacial score (nSPS) is 20.2. The molecule has 0 saturated heterocycles. The van der Waals surface area contributed by atoms with Crippen molar-refractivity contribution in [1.29, 1.82) is 0 Å². The van der Waals surface area contributed by atoms with Gasteiger partial charge in [-0.15, -0.1) is 0 Å². The topological polar surface area (TPSA) is 67.2 Å². The van der Waals surface area contributed by atoms with Gasteiger partial charge in [-0.05, 0) is 35.1 Å². The molecule has 146 valence electrons. The Labute approximate surface area is 165 Å². The Morgan fingerprint density at radius 3 is 2.54 bits per heavy atom. The predicted molar refractivity (Wildman–Crippen MR) is 112 cm³/mol. The van der Waals surface area contributed by atoms with Gasteiger partial charge in [-0.3, -0.25) is 4.79 Å². The number of hydrogen-bond donors (Lipinski definition) is 2. The van der Waals surface area contributed by atoms with E-state index < -0.39 is 11.5 Å². The molecule has 0 aliphatic heterocycles. The van der Waals surface area contributed by atoms with E-state index >= 15 is 0 Å². The molecule has 5 heteroatoms. The lowest BCUT2D eigenvalue weighted by Crippen LogP contribution is -2.42. The summed E-state index contributed by atoms with van der Waals surface area (Å²) in [7, 11) is 0. The van der Waals surface area contributed by atoms with Gasteiger partial charge in [0.15, 0.2) is 5.82 Å². The highest BCUT2D eigenvalue weighted by Gasteiger charge is 2.33. The number of nitrogens with zero attached hydrogens (tertiary/aromatic N) is 2. The summed E-state index contributed by atoms with van der Waals surface area (Å²) < 4.78 is 1.48. The highest BCUT2D eigenvalue weighted by molar-refractivity contribution is 5.77. The maximum absolute atomic E-state index is 13.3. The minimum atomic E-state index is -0.878. The fourth-order valence-electron chi connectivity index (χ4n) is 3.96. The molecule has 1 heterocycles. The zero-order chi connectivity index (χ0) is 20.1. The van der Waals surface area contributed by atoms with Crippen LogP contribution in [0.25, 0.3) is 10.9 Å². The Morgan fingerprint density at radius 2 is 1.82 bits per heavy atom. The standard InChI is InChI=1S/C23H27N3O2/c1-14-16-10-6-5-9-15(16)13-19(14)25-26-21(20(27)23(2,3)4)24-18-12-8-7-11-17(18)22(26)28/h5-12,14,19-20,25,27H,13H2,1-4H3/t14-,19+,20+/m0/s1. The van der Waals surface area contributed by atoms with E-state index in [0.717, 1.165) is 6.42 Å². The molecule has 0 unspecified atom stereocenters. The van der Waals surface area contributed by atoms with Crippen molar-refractivity contribution >= 4 is 10.9 Å². The monoisotopic (exact) mass is 377 g/mol. The lowest BCUT2D eigenvalue weighted by molar-refractivity contribution is 0.0516. The van der Waals surface area contributed by atoms with E-state index in [1.807, 2.05) is 45.0 Å². The molecule has 1 aromatic heterocycles. The van der Waals surface area contributed by atoms with Gasteiger partial charge >= 0.3 is 0 Å². The molecule has 0 radical (unpaired) electrons. The van der Waals surface area contributed by atoms with Crippen LogP contribution < -0.4 is 11.0 Å². The van der Waals surface area contributed by atoms with Gasteiger partial charge in [0.2, 0.25) is 0 Å². The molecule has 4 rings (SSSR count). The first-order chi connectivity index (χ1) is 13.3. The molecule has 1 aliphatic carbocycles. The van der Waals surface area contributed by atoms with E-state index in [9.17, 15) is 9.90 Å². The molecule has 0 spiro atoms. The van der Waals surface area contributed by atoms with E-state index in [2.05, 4.69) is 35.5 Å². The van der Waals surface area contributed by atoms with Crippen LogP contribution in [0.5, 0.6) is 0 Å². The van der Waals surface area contributed by atoms with E-state index in [-0.39, 0.29) is 17.5 Å². The number of para-hydroxylation sites is 1. The first-order valence-electron chi connectivity index (χ1n) is 9.81. The average molecular weight is 377 g/mol. The zero-order valence-electron chi connectivity index (χ0n) is 16.8. The second kappa shape index (κ2) is 6.74. The highest BCUT2D eigenvalue weighted by atomic mass is 16.3. The summed E-state index contributed by atoms with van der Waals surface area (Å²) in [6, 6.07) is 15.7. The van der Waals surface area contributed by atoms with E-state index in [1.165, 1.54) is 15.8 Å². The van der Waals surface area contributed by atoms with Gasteiger partial charge in [0.1, 0.15) is 6.10 Å². The second-order valence-corrected chi connectivity index (χ2v) is 8.82.